The molecule has 0 aliphatic rings. The first-order valence-corrected chi connectivity index (χ1v) is 25.0. The van der Waals surface area contributed by atoms with E-state index >= 15 is 0 Å². The number of anilines is 3. The summed E-state index contributed by atoms with van der Waals surface area (Å²) >= 11 is 0. The molecule has 14 rings (SSSR count). The van der Waals surface area contributed by atoms with Gasteiger partial charge in [0.1, 0.15) is 11.2 Å². The highest BCUT2D eigenvalue weighted by Gasteiger charge is 2.23. The van der Waals surface area contributed by atoms with Crippen molar-refractivity contribution in [1.29, 1.82) is 0 Å². The van der Waals surface area contributed by atoms with Crippen LogP contribution < -0.4 is 4.90 Å². The lowest BCUT2D eigenvalue weighted by Gasteiger charge is -2.27. The van der Waals surface area contributed by atoms with Crippen molar-refractivity contribution in [2.75, 3.05) is 4.90 Å². The number of fused-ring (bicyclic) bond motifs is 7. The lowest BCUT2D eigenvalue weighted by Crippen LogP contribution is -2.10. The zero-order valence-corrected chi connectivity index (χ0v) is 39.9. The fourth-order valence-corrected chi connectivity index (χ4v) is 11.2. The summed E-state index contributed by atoms with van der Waals surface area (Å²) in [6.07, 6.45) is 0. The van der Waals surface area contributed by atoms with Gasteiger partial charge in [-0.2, -0.15) is 0 Å². The van der Waals surface area contributed by atoms with Crippen LogP contribution in [-0.2, 0) is 0 Å². The normalized spacial score (nSPS) is 11.6. The Labute approximate surface area is 423 Å². The van der Waals surface area contributed by atoms with E-state index in [0.717, 1.165) is 66.9 Å². The summed E-state index contributed by atoms with van der Waals surface area (Å²) in [6.45, 7) is 0. The van der Waals surface area contributed by atoms with Gasteiger partial charge >= 0.3 is 0 Å². The van der Waals surface area contributed by atoms with Crippen LogP contribution in [0.5, 0.6) is 0 Å². The van der Waals surface area contributed by atoms with Gasteiger partial charge < -0.3 is 13.9 Å². The third-order valence-corrected chi connectivity index (χ3v) is 14.6. The van der Waals surface area contributed by atoms with Crippen LogP contribution in [0.4, 0.5) is 17.1 Å². The zero-order valence-electron chi connectivity index (χ0n) is 39.9. The number of benzene rings is 12. The van der Waals surface area contributed by atoms with Crippen molar-refractivity contribution in [2.45, 2.75) is 0 Å². The summed E-state index contributed by atoms with van der Waals surface area (Å²) in [5, 5.41) is 7.11. The third kappa shape index (κ3) is 7.29. The molecule has 0 saturated heterocycles. The Balaban J connectivity index is 0.903. The predicted molar refractivity (Wildman–Crippen MR) is 307 cm³/mol. The van der Waals surface area contributed by atoms with E-state index in [1.165, 1.54) is 66.0 Å². The van der Waals surface area contributed by atoms with Crippen LogP contribution in [0.25, 0.3) is 116 Å². The largest absolute Gasteiger partial charge is 0.455 e. The van der Waals surface area contributed by atoms with Gasteiger partial charge in [-0.1, -0.05) is 200 Å². The predicted octanol–water partition coefficient (Wildman–Crippen LogP) is 19.6. The van der Waals surface area contributed by atoms with Gasteiger partial charge in [0.2, 0.25) is 0 Å². The summed E-state index contributed by atoms with van der Waals surface area (Å²) in [7, 11) is 0. The van der Waals surface area contributed by atoms with E-state index in [0.29, 0.717) is 0 Å². The van der Waals surface area contributed by atoms with E-state index < -0.39 is 0 Å². The lowest BCUT2D eigenvalue weighted by atomic mass is 9.92. The Bertz CT molecular complexity index is 4360. The first-order valence-electron chi connectivity index (χ1n) is 25.0. The minimum atomic E-state index is 0.859. The molecule has 0 fully saturated rings. The van der Waals surface area contributed by atoms with Crippen LogP contribution in [0.2, 0.25) is 0 Å². The molecule has 12 aromatic carbocycles. The zero-order chi connectivity index (χ0) is 48.2. The minimum absolute atomic E-state index is 0.859. The van der Waals surface area contributed by atoms with Crippen molar-refractivity contribution in [1.82, 2.24) is 4.57 Å². The molecule has 0 aliphatic carbocycles. The van der Waals surface area contributed by atoms with Crippen molar-refractivity contribution >= 4 is 71.6 Å². The maximum absolute atomic E-state index is 6.84. The molecule has 0 saturated carbocycles. The van der Waals surface area contributed by atoms with Crippen molar-refractivity contribution in [2.24, 2.45) is 0 Å². The molecular formula is C70H46N2O. The van der Waals surface area contributed by atoms with Gasteiger partial charge in [0.05, 0.1) is 22.1 Å². The van der Waals surface area contributed by atoms with Crippen LogP contribution in [0.15, 0.2) is 283 Å². The van der Waals surface area contributed by atoms with E-state index in [4.69, 9.17) is 4.42 Å². The molecule has 0 spiro atoms. The molecule has 0 aliphatic heterocycles. The van der Waals surface area contributed by atoms with E-state index in [9.17, 15) is 0 Å². The number of aromatic nitrogens is 1. The van der Waals surface area contributed by atoms with Gasteiger partial charge in [-0.15, -0.1) is 0 Å². The van der Waals surface area contributed by atoms with Crippen LogP contribution in [0.1, 0.15) is 0 Å². The topological polar surface area (TPSA) is 21.3 Å². The van der Waals surface area contributed by atoms with Crippen LogP contribution >= 0.6 is 0 Å². The first kappa shape index (κ1) is 42.2. The Hall–Kier alpha value is -9.70. The summed E-state index contributed by atoms with van der Waals surface area (Å²) in [6, 6.07) is 101. The van der Waals surface area contributed by atoms with Gasteiger partial charge in [-0.3, -0.25) is 0 Å². The second-order valence-electron chi connectivity index (χ2n) is 18.8. The Morgan fingerprint density at radius 2 is 0.849 bits per heavy atom. The highest BCUT2D eigenvalue weighted by atomic mass is 16.3. The molecule has 3 nitrogen and oxygen atoms in total. The molecule has 2 aromatic heterocycles. The van der Waals surface area contributed by atoms with Crippen molar-refractivity contribution in [3.05, 3.63) is 279 Å². The van der Waals surface area contributed by atoms with Crippen molar-refractivity contribution < 1.29 is 4.42 Å². The summed E-state index contributed by atoms with van der Waals surface area (Å²) in [4.78, 5) is 2.39. The smallest absolute Gasteiger partial charge is 0.145 e. The first-order chi connectivity index (χ1) is 36.2. The number of hydrogen-bond acceptors (Lipinski definition) is 2. The van der Waals surface area contributed by atoms with E-state index in [1.807, 2.05) is 0 Å². The average molecular weight is 931 g/mol. The molecule has 73 heavy (non-hydrogen) atoms. The molecule has 0 atom stereocenters. The van der Waals surface area contributed by atoms with E-state index in [-0.39, 0.29) is 0 Å². The lowest BCUT2D eigenvalue weighted by molar-refractivity contribution is 0.670. The quantitative estimate of drug-likeness (QED) is 0.144. The van der Waals surface area contributed by atoms with E-state index in [2.05, 4.69) is 289 Å². The number of hydrogen-bond donors (Lipinski definition) is 0. The number of nitrogens with zero attached hydrogens (tertiary/aromatic N) is 2. The average Bonchev–Trinajstić information content (AvgIpc) is 4.05. The van der Waals surface area contributed by atoms with Crippen LogP contribution in [0, 0.1) is 0 Å². The second-order valence-corrected chi connectivity index (χ2v) is 18.8. The third-order valence-electron chi connectivity index (χ3n) is 14.6. The SMILES string of the molecule is c1ccc(-c2ccc(N(c3ccc(-c4cccc(-c5ccc6ccccc6c5)c4)cc3)c3ccc(-c4ccccc4-c4cccc5c4c4ccccc4n5-c4ccccc4)cc3)c3c2oc2ccccc23)cc1. The van der Waals surface area contributed by atoms with Gasteiger partial charge in [0.15, 0.2) is 0 Å². The van der Waals surface area contributed by atoms with Gasteiger partial charge in [0, 0.05) is 38.8 Å². The number of rotatable bonds is 9. The molecule has 0 bridgehead atoms. The summed E-state index contributed by atoms with van der Waals surface area (Å²) in [5.41, 5.74) is 20.0. The van der Waals surface area contributed by atoms with Crippen LogP contribution in [0.3, 0.4) is 0 Å². The maximum Gasteiger partial charge on any atom is 0.145 e. The van der Waals surface area contributed by atoms with Gasteiger partial charge in [-0.05, 0) is 140 Å². The van der Waals surface area contributed by atoms with Crippen LogP contribution in [-0.4, -0.2) is 4.57 Å². The highest BCUT2D eigenvalue weighted by molar-refractivity contribution is 6.18. The molecule has 0 radical (unpaired) electrons. The van der Waals surface area contributed by atoms with E-state index in [1.54, 1.807) is 0 Å². The molecule has 342 valence electrons. The molecule has 0 unspecified atom stereocenters. The fraction of sp³-hybridized carbons (Fsp3) is 0. The number of furan rings is 1. The van der Waals surface area contributed by atoms with Crippen molar-refractivity contribution in [3.8, 4) is 61.3 Å². The molecule has 0 N–H and O–H groups in total. The molecule has 0 amide bonds. The van der Waals surface area contributed by atoms with Gasteiger partial charge in [0.25, 0.3) is 0 Å². The molecule has 3 heteroatoms. The highest BCUT2D eigenvalue weighted by Crippen LogP contribution is 2.48. The number of para-hydroxylation sites is 3. The Kier molecular flexibility index (Phi) is 10.2. The molecule has 14 aromatic rings. The monoisotopic (exact) mass is 930 g/mol. The summed E-state index contributed by atoms with van der Waals surface area (Å²) < 4.78 is 9.23. The Morgan fingerprint density at radius 1 is 0.301 bits per heavy atom. The van der Waals surface area contributed by atoms with Crippen molar-refractivity contribution in [3.63, 3.8) is 0 Å². The van der Waals surface area contributed by atoms with Gasteiger partial charge in [-0.25, -0.2) is 0 Å². The minimum Gasteiger partial charge on any atom is -0.455 e. The molecule has 2 heterocycles. The molecular weight excluding hydrogens is 885 g/mol. The summed E-state index contributed by atoms with van der Waals surface area (Å²) in [5.74, 6) is 0. The Morgan fingerprint density at radius 3 is 1.64 bits per heavy atom. The standard InChI is InChI=1S/C70H46N2O/c1-3-18-49(19-4-1)59-43-44-66(69-63-28-12-14-32-67(63)73-70(59)69)71(56-39-35-48(36-40-56)52-21-15-22-53(45-52)54-34-33-47-17-7-8-20-51(47)46-54)57-41-37-50(38-42-57)58-25-9-10-26-60(58)61-29-16-31-65-68(61)62-27-11-13-30-64(62)72(65)55-23-5-2-6-24-55/h1-46H. The fourth-order valence-electron chi connectivity index (χ4n) is 11.2. The maximum atomic E-state index is 6.84. The second kappa shape index (κ2) is 17.6.